The summed E-state index contributed by atoms with van der Waals surface area (Å²) in [6.07, 6.45) is 3.02. The number of nitrogens with one attached hydrogen (secondary N) is 1. The minimum atomic E-state index is -1.23. The summed E-state index contributed by atoms with van der Waals surface area (Å²) < 4.78 is 0. The average Bonchev–Trinajstić information content (AvgIpc) is 2.63. The summed E-state index contributed by atoms with van der Waals surface area (Å²) >= 11 is 0. The number of anilines is 2. The van der Waals surface area contributed by atoms with Gasteiger partial charge in [-0.05, 0) is 60.9 Å². The first-order valence-electron chi connectivity index (χ1n) is 8.03. The minimum absolute atomic E-state index is 0.106. The number of carbonyl (C=O) groups excluding carboxylic acids is 1. The minimum Gasteiger partial charge on any atom is -0.545 e. The van der Waals surface area contributed by atoms with Crippen LogP contribution in [0.4, 0.5) is 11.4 Å². The molecule has 0 aliphatic heterocycles. The molecule has 27 heavy (non-hydrogen) atoms. The second-order valence-electron chi connectivity index (χ2n) is 5.88. The van der Waals surface area contributed by atoms with Crippen LogP contribution in [0.3, 0.4) is 0 Å². The number of carboxylic acids is 2. The molecule has 0 saturated heterocycles. The zero-order valence-electron chi connectivity index (χ0n) is 14.8. The topological polar surface area (TPSA) is 113 Å². The number of carboxylic acid groups (broad SMARTS) is 2. The Morgan fingerprint density at radius 2 is 1.41 bits per heavy atom. The molecule has 0 atom stereocenters. The first-order valence-corrected chi connectivity index (χ1v) is 8.03. The van der Waals surface area contributed by atoms with Gasteiger partial charge in [0.2, 0.25) is 0 Å². The van der Waals surface area contributed by atoms with E-state index in [2.05, 4.69) is 5.43 Å². The summed E-state index contributed by atoms with van der Waals surface area (Å²) in [7, 11) is 0. The van der Waals surface area contributed by atoms with Crippen molar-refractivity contribution in [3.05, 3.63) is 70.8 Å². The molecule has 2 aromatic carbocycles. The molecular weight excluding hydrogens is 348 g/mol. The standard InChI is InChI=1S/C20H20N2O5/c1-13(19(23)24)11-15-3-7-17(8-4-15)21-22(27)18-9-5-16(6-10-18)12-14(2)20(25)26/h3-12,21,27H,1-2H3,(H,23,24)(H,25,26)/p-1. The predicted octanol–water partition coefficient (Wildman–Crippen LogP) is 2.55. The summed E-state index contributed by atoms with van der Waals surface area (Å²) in [6, 6.07) is 13.4. The van der Waals surface area contributed by atoms with Crippen LogP contribution in [0, 0.1) is 0 Å². The molecule has 0 radical (unpaired) electrons. The van der Waals surface area contributed by atoms with Gasteiger partial charge in [-0.15, -0.1) is 0 Å². The van der Waals surface area contributed by atoms with E-state index in [0.717, 1.165) is 10.7 Å². The van der Waals surface area contributed by atoms with Crippen molar-refractivity contribution in [2.75, 3.05) is 10.6 Å². The van der Waals surface area contributed by atoms with E-state index in [1.807, 2.05) is 0 Å². The quantitative estimate of drug-likeness (QED) is 0.509. The molecule has 0 aliphatic carbocycles. The Kier molecular flexibility index (Phi) is 6.35. The maximum absolute atomic E-state index is 10.8. The van der Waals surface area contributed by atoms with Crippen LogP contribution >= 0.6 is 0 Å². The van der Waals surface area contributed by atoms with Crippen molar-refractivity contribution in [2.24, 2.45) is 0 Å². The molecule has 0 spiro atoms. The third-order valence-corrected chi connectivity index (χ3v) is 3.71. The Balaban J connectivity index is 2.05. The number of benzene rings is 2. The van der Waals surface area contributed by atoms with Gasteiger partial charge in [0, 0.05) is 5.57 Å². The average molecular weight is 367 g/mol. The summed E-state index contributed by atoms with van der Waals surface area (Å²) in [5, 5.41) is 30.6. The number of rotatable bonds is 7. The molecule has 0 bridgehead atoms. The van der Waals surface area contributed by atoms with E-state index in [-0.39, 0.29) is 11.1 Å². The lowest BCUT2D eigenvalue weighted by molar-refractivity contribution is -0.299. The summed E-state index contributed by atoms with van der Waals surface area (Å²) in [6.45, 7) is 2.96. The maximum atomic E-state index is 10.8. The molecule has 7 heteroatoms. The number of carbonyl (C=O) groups is 2. The molecule has 0 heterocycles. The molecule has 140 valence electrons. The van der Waals surface area contributed by atoms with Crippen molar-refractivity contribution in [2.45, 2.75) is 13.8 Å². The highest BCUT2D eigenvalue weighted by atomic mass is 16.5. The van der Waals surface area contributed by atoms with Crippen molar-refractivity contribution in [1.29, 1.82) is 0 Å². The van der Waals surface area contributed by atoms with Crippen molar-refractivity contribution in [1.82, 2.24) is 0 Å². The van der Waals surface area contributed by atoms with E-state index < -0.39 is 11.9 Å². The number of hydrogen-bond acceptors (Lipinski definition) is 6. The van der Waals surface area contributed by atoms with Gasteiger partial charge in [-0.2, -0.15) is 5.17 Å². The van der Waals surface area contributed by atoms with Gasteiger partial charge in [0.1, 0.15) is 0 Å². The molecule has 0 amide bonds. The third-order valence-electron chi connectivity index (χ3n) is 3.71. The third kappa shape index (κ3) is 5.72. The monoisotopic (exact) mass is 367 g/mol. The molecule has 0 aromatic heterocycles. The van der Waals surface area contributed by atoms with Crippen LogP contribution in [-0.2, 0) is 9.59 Å². The van der Waals surface area contributed by atoms with E-state index in [4.69, 9.17) is 5.11 Å². The SMILES string of the molecule is CC(=Cc1ccc(N(O)Nc2ccc(C=C(C)C(=O)O)cc2)cc1)C(=O)[O-]. The van der Waals surface area contributed by atoms with Crippen molar-refractivity contribution >= 4 is 35.5 Å². The van der Waals surface area contributed by atoms with Gasteiger partial charge in [0.15, 0.2) is 0 Å². The Morgan fingerprint density at radius 1 is 0.926 bits per heavy atom. The Hall–Kier alpha value is -3.58. The second kappa shape index (κ2) is 8.68. The van der Waals surface area contributed by atoms with Crippen LogP contribution in [-0.4, -0.2) is 22.3 Å². The predicted molar refractivity (Wildman–Crippen MR) is 101 cm³/mol. The van der Waals surface area contributed by atoms with Crippen LogP contribution in [0.5, 0.6) is 0 Å². The summed E-state index contributed by atoms with van der Waals surface area (Å²) in [4.78, 5) is 21.6. The van der Waals surface area contributed by atoms with E-state index in [0.29, 0.717) is 16.9 Å². The zero-order valence-corrected chi connectivity index (χ0v) is 14.8. The largest absolute Gasteiger partial charge is 0.545 e. The lowest BCUT2D eigenvalue weighted by Crippen LogP contribution is -2.25. The number of hydrazine groups is 1. The fourth-order valence-electron chi connectivity index (χ4n) is 2.17. The van der Waals surface area contributed by atoms with Gasteiger partial charge in [-0.25, -0.2) is 4.79 Å². The number of hydrogen-bond donors (Lipinski definition) is 3. The van der Waals surface area contributed by atoms with Gasteiger partial charge >= 0.3 is 5.97 Å². The highest BCUT2D eigenvalue weighted by molar-refractivity contribution is 5.91. The van der Waals surface area contributed by atoms with Crippen molar-refractivity contribution in [3.63, 3.8) is 0 Å². The lowest BCUT2D eigenvalue weighted by Gasteiger charge is -2.19. The highest BCUT2D eigenvalue weighted by Gasteiger charge is 2.04. The summed E-state index contributed by atoms with van der Waals surface area (Å²) in [5.41, 5.74) is 5.54. The number of aliphatic carboxylic acids is 2. The molecule has 0 saturated carbocycles. The van der Waals surface area contributed by atoms with Crippen molar-refractivity contribution in [3.8, 4) is 0 Å². The fraction of sp³-hybridized carbons (Fsp3) is 0.100. The molecule has 0 unspecified atom stereocenters. The summed E-state index contributed by atoms with van der Waals surface area (Å²) in [5.74, 6) is -2.21. The van der Waals surface area contributed by atoms with Crippen LogP contribution in [0.15, 0.2) is 59.7 Å². The van der Waals surface area contributed by atoms with E-state index in [1.165, 1.54) is 19.9 Å². The van der Waals surface area contributed by atoms with Gasteiger partial charge in [-0.3, -0.25) is 10.6 Å². The second-order valence-corrected chi connectivity index (χ2v) is 5.88. The van der Waals surface area contributed by atoms with Gasteiger partial charge in [0.05, 0.1) is 17.3 Å². The van der Waals surface area contributed by atoms with E-state index in [9.17, 15) is 19.9 Å². The zero-order chi connectivity index (χ0) is 20.0. The van der Waals surface area contributed by atoms with Crippen molar-refractivity contribution < 1.29 is 25.0 Å². The van der Waals surface area contributed by atoms with Crippen LogP contribution < -0.4 is 15.7 Å². The van der Waals surface area contributed by atoms with Crippen LogP contribution in [0.1, 0.15) is 25.0 Å². The molecular formula is C20H19N2O5-. The Morgan fingerprint density at radius 3 is 1.89 bits per heavy atom. The smallest absolute Gasteiger partial charge is 0.331 e. The first-order chi connectivity index (χ1) is 12.8. The molecule has 7 nitrogen and oxygen atoms in total. The van der Waals surface area contributed by atoms with Gasteiger partial charge < -0.3 is 15.0 Å². The van der Waals surface area contributed by atoms with E-state index >= 15 is 0 Å². The van der Waals surface area contributed by atoms with E-state index in [1.54, 1.807) is 54.6 Å². The number of nitrogens with zero attached hydrogens (tertiary/aromatic N) is 1. The Bertz CT molecular complexity index is 884. The first kappa shape index (κ1) is 19.7. The fourth-order valence-corrected chi connectivity index (χ4v) is 2.17. The van der Waals surface area contributed by atoms with Crippen LogP contribution in [0.25, 0.3) is 12.2 Å². The van der Waals surface area contributed by atoms with Gasteiger partial charge in [-0.1, -0.05) is 30.3 Å². The molecule has 3 N–H and O–H groups in total. The molecule has 2 aromatic rings. The van der Waals surface area contributed by atoms with Gasteiger partial charge in [0.25, 0.3) is 0 Å². The normalized spacial score (nSPS) is 11.8. The highest BCUT2D eigenvalue weighted by Crippen LogP contribution is 2.18. The molecule has 0 fully saturated rings. The lowest BCUT2D eigenvalue weighted by atomic mass is 10.1. The maximum Gasteiger partial charge on any atom is 0.331 e. The molecule has 2 rings (SSSR count). The van der Waals surface area contributed by atoms with Crippen LogP contribution in [0.2, 0.25) is 0 Å². The Labute approximate surface area is 156 Å². The molecule has 0 aliphatic rings.